The fourth-order valence-electron chi connectivity index (χ4n) is 4.62. The van der Waals surface area contributed by atoms with Crippen molar-refractivity contribution in [3.05, 3.63) is 63.3 Å². The van der Waals surface area contributed by atoms with E-state index in [0.29, 0.717) is 6.54 Å². The molecule has 0 spiro atoms. The maximum absolute atomic E-state index is 13.4. The molecule has 0 radical (unpaired) electrons. The summed E-state index contributed by atoms with van der Waals surface area (Å²) >= 11 is 12.8. The van der Waals surface area contributed by atoms with E-state index in [1.54, 1.807) is 0 Å². The Morgan fingerprint density at radius 1 is 1.11 bits per heavy atom. The minimum Gasteiger partial charge on any atom is -0.507 e. The molecule has 1 saturated heterocycles. The number of likely N-dealkylation sites (tertiary alicyclic amines) is 1. The van der Waals surface area contributed by atoms with Crippen LogP contribution in [-0.4, -0.2) is 72.6 Å². The summed E-state index contributed by atoms with van der Waals surface area (Å²) in [6, 6.07) is 8.27. The van der Waals surface area contributed by atoms with Crippen molar-refractivity contribution >= 4 is 51.6 Å². The van der Waals surface area contributed by atoms with Gasteiger partial charge in [0.15, 0.2) is 11.5 Å². The molecule has 3 aromatic rings. The predicted octanol–water partition coefficient (Wildman–Crippen LogP) is 4.49. The van der Waals surface area contributed by atoms with Gasteiger partial charge in [0.25, 0.3) is 11.7 Å². The lowest BCUT2D eigenvalue weighted by Gasteiger charge is -2.26. The fraction of sp³-hybridized carbons (Fsp3) is 0.308. The number of aromatic nitrogens is 1. The number of benzene rings is 2. The van der Waals surface area contributed by atoms with E-state index in [2.05, 4.69) is 0 Å². The van der Waals surface area contributed by atoms with Crippen LogP contribution in [0.25, 0.3) is 16.7 Å². The lowest BCUT2D eigenvalue weighted by Crippen LogP contribution is -2.35. The van der Waals surface area contributed by atoms with Crippen LogP contribution in [0.3, 0.4) is 0 Å². The van der Waals surface area contributed by atoms with Gasteiger partial charge in [-0.15, -0.1) is 0 Å². The van der Waals surface area contributed by atoms with Gasteiger partial charge < -0.3 is 28.9 Å². The Balaban J connectivity index is 2.01. The maximum atomic E-state index is 13.4. The topological polar surface area (TPSA) is 84.2 Å². The van der Waals surface area contributed by atoms with Crippen molar-refractivity contribution in [2.45, 2.75) is 6.04 Å². The third-order valence-electron chi connectivity index (χ3n) is 6.35. The fourth-order valence-corrected chi connectivity index (χ4v) is 5.31. The summed E-state index contributed by atoms with van der Waals surface area (Å²) in [6.45, 7) is 0.807. The van der Waals surface area contributed by atoms with Crippen molar-refractivity contribution < 1.29 is 24.2 Å². The van der Waals surface area contributed by atoms with Gasteiger partial charge in [-0.05, 0) is 26.2 Å². The molecule has 1 unspecified atom stereocenters. The van der Waals surface area contributed by atoms with Gasteiger partial charge >= 0.3 is 0 Å². The number of hydrogen-bond donors (Lipinski definition) is 1. The van der Waals surface area contributed by atoms with Crippen LogP contribution in [0, 0.1) is 0 Å². The first-order valence-corrected chi connectivity index (χ1v) is 11.9. The monoisotopic (exact) mass is 531 g/mol. The number of para-hydroxylation sites is 1. The van der Waals surface area contributed by atoms with E-state index >= 15 is 0 Å². The first-order chi connectivity index (χ1) is 17.1. The Morgan fingerprint density at radius 2 is 1.78 bits per heavy atom. The molecule has 8 nitrogen and oxygen atoms in total. The predicted molar refractivity (Wildman–Crippen MR) is 140 cm³/mol. The summed E-state index contributed by atoms with van der Waals surface area (Å²) < 4.78 is 12.6. The van der Waals surface area contributed by atoms with Gasteiger partial charge in [0, 0.05) is 42.8 Å². The number of aliphatic hydroxyl groups is 1. The highest BCUT2D eigenvalue weighted by Crippen LogP contribution is 2.48. The van der Waals surface area contributed by atoms with Crippen LogP contribution >= 0.6 is 23.2 Å². The van der Waals surface area contributed by atoms with Gasteiger partial charge in [0.1, 0.15) is 10.8 Å². The van der Waals surface area contributed by atoms with Crippen molar-refractivity contribution in [1.29, 1.82) is 0 Å². The van der Waals surface area contributed by atoms with E-state index in [9.17, 15) is 14.7 Å². The number of methoxy groups -OCH3 is 2. The van der Waals surface area contributed by atoms with Crippen molar-refractivity contribution in [3.63, 3.8) is 0 Å². The van der Waals surface area contributed by atoms with E-state index in [4.69, 9.17) is 32.7 Å². The normalized spacial score (nSPS) is 17.4. The molecule has 0 saturated carbocycles. The number of nitrogens with zero attached hydrogens (tertiary/aromatic N) is 3. The summed E-state index contributed by atoms with van der Waals surface area (Å²) in [7, 11) is 8.45. The SMILES string of the molecule is COc1c(Cl)cc(/C(O)=C2\C(=O)C(=O)N(CCN(C)C)C2c2cn(C)c3ccccc23)c(OC)c1Cl. The second-order valence-electron chi connectivity index (χ2n) is 8.79. The van der Waals surface area contributed by atoms with Crippen LogP contribution in [0.2, 0.25) is 10.0 Å². The molecule has 1 aromatic heterocycles. The van der Waals surface area contributed by atoms with Gasteiger partial charge in [-0.1, -0.05) is 41.4 Å². The van der Waals surface area contributed by atoms with Gasteiger partial charge in [0.2, 0.25) is 0 Å². The maximum Gasteiger partial charge on any atom is 0.295 e. The number of ketones is 1. The zero-order valence-electron chi connectivity index (χ0n) is 20.6. The number of carbonyl (C=O) groups is 2. The summed E-state index contributed by atoms with van der Waals surface area (Å²) in [6.07, 6.45) is 1.88. The summed E-state index contributed by atoms with van der Waals surface area (Å²) in [4.78, 5) is 30.1. The van der Waals surface area contributed by atoms with E-state index in [1.807, 2.05) is 61.1 Å². The Kier molecular flexibility index (Phi) is 7.22. The van der Waals surface area contributed by atoms with E-state index < -0.39 is 23.5 Å². The van der Waals surface area contributed by atoms with Crippen LogP contribution in [0.4, 0.5) is 0 Å². The first kappa shape index (κ1) is 25.9. The number of amides is 1. The van der Waals surface area contributed by atoms with Gasteiger partial charge in [-0.3, -0.25) is 9.59 Å². The number of fused-ring (bicyclic) bond motifs is 1. The molecule has 1 aliphatic rings. The third-order valence-corrected chi connectivity index (χ3v) is 6.97. The van der Waals surface area contributed by atoms with Crippen molar-refractivity contribution in [1.82, 2.24) is 14.4 Å². The van der Waals surface area contributed by atoms with E-state index in [0.717, 1.165) is 16.5 Å². The average Bonchev–Trinajstić information content (AvgIpc) is 3.30. The van der Waals surface area contributed by atoms with Crippen LogP contribution in [0.5, 0.6) is 11.5 Å². The molecule has 0 bridgehead atoms. The molecule has 2 heterocycles. The third kappa shape index (κ3) is 4.19. The number of Topliss-reactive ketones (excluding diaryl/α,β-unsaturated/α-hetero) is 1. The lowest BCUT2D eigenvalue weighted by molar-refractivity contribution is -0.140. The van der Waals surface area contributed by atoms with Crippen molar-refractivity contribution in [3.8, 4) is 11.5 Å². The summed E-state index contributed by atoms with van der Waals surface area (Å²) in [5, 5.41) is 12.6. The molecular formula is C26H27Cl2N3O5. The number of likely N-dealkylation sites (N-methyl/N-ethyl adjacent to an activating group) is 1. The number of aliphatic hydroxyl groups excluding tert-OH is 1. The molecule has 0 aliphatic carbocycles. The standard InChI is InChI=1S/C26H27Cl2N3O5/c1-29(2)10-11-31-21(16-13-30(3)18-9-7-6-8-14(16)18)19(23(33)26(31)34)22(32)15-12-17(27)25(36-5)20(28)24(15)35-4/h6-9,12-13,21,32H,10-11H2,1-5H3/b22-19+. The highest BCUT2D eigenvalue weighted by molar-refractivity contribution is 6.47. The smallest absolute Gasteiger partial charge is 0.295 e. The Morgan fingerprint density at radius 3 is 2.42 bits per heavy atom. The molecule has 1 N–H and O–H groups in total. The molecule has 1 amide bonds. The molecular weight excluding hydrogens is 505 g/mol. The summed E-state index contributed by atoms with van der Waals surface area (Å²) in [5.74, 6) is -1.67. The molecule has 10 heteroatoms. The zero-order valence-corrected chi connectivity index (χ0v) is 22.1. The molecule has 36 heavy (non-hydrogen) atoms. The highest BCUT2D eigenvalue weighted by Gasteiger charge is 2.47. The minimum atomic E-state index is -0.833. The zero-order chi connectivity index (χ0) is 26.3. The van der Waals surface area contributed by atoms with Crippen LogP contribution in [0.15, 0.2) is 42.1 Å². The molecule has 1 fully saturated rings. The van der Waals surface area contributed by atoms with Gasteiger partial charge in [0.05, 0.1) is 36.4 Å². The Bertz CT molecular complexity index is 1400. The molecule has 2 aromatic carbocycles. The number of ether oxygens (including phenoxy) is 2. The number of carbonyl (C=O) groups excluding carboxylic acids is 2. The molecule has 190 valence electrons. The van der Waals surface area contributed by atoms with Crippen molar-refractivity contribution in [2.24, 2.45) is 7.05 Å². The lowest BCUT2D eigenvalue weighted by atomic mass is 9.94. The van der Waals surface area contributed by atoms with Gasteiger partial charge in [-0.25, -0.2) is 0 Å². The second kappa shape index (κ2) is 10.0. The van der Waals surface area contributed by atoms with E-state index in [1.165, 1.54) is 25.2 Å². The number of rotatable bonds is 7. The molecule has 1 atom stereocenters. The average molecular weight is 532 g/mol. The van der Waals surface area contributed by atoms with Crippen molar-refractivity contribution in [2.75, 3.05) is 41.4 Å². The second-order valence-corrected chi connectivity index (χ2v) is 9.58. The van der Waals surface area contributed by atoms with Crippen LogP contribution < -0.4 is 9.47 Å². The number of hydrogen-bond acceptors (Lipinski definition) is 6. The van der Waals surface area contributed by atoms with Crippen LogP contribution in [-0.2, 0) is 16.6 Å². The Hall–Kier alpha value is -3.20. The molecule has 1 aliphatic heterocycles. The largest absolute Gasteiger partial charge is 0.507 e. The van der Waals surface area contributed by atoms with Gasteiger partial charge in [-0.2, -0.15) is 0 Å². The minimum absolute atomic E-state index is 0.0394. The molecule has 4 rings (SSSR count). The quantitative estimate of drug-likeness (QED) is 0.275. The number of aryl methyl sites for hydroxylation is 1. The Labute approximate surface area is 219 Å². The van der Waals surface area contributed by atoms with E-state index in [-0.39, 0.29) is 39.2 Å². The highest BCUT2D eigenvalue weighted by atomic mass is 35.5. The first-order valence-electron chi connectivity index (χ1n) is 11.2. The summed E-state index contributed by atoms with van der Waals surface area (Å²) in [5.41, 5.74) is 1.67. The number of halogens is 2. The van der Waals surface area contributed by atoms with Crippen LogP contribution in [0.1, 0.15) is 17.2 Å².